The van der Waals surface area contributed by atoms with Crippen molar-refractivity contribution in [3.63, 3.8) is 0 Å². The summed E-state index contributed by atoms with van der Waals surface area (Å²) in [5, 5.41) is 3.71. The fraction of sp³-hybridized carbons (Fsp3) is 0.154. The molecule has 1 aromatic carbocycles. The Balaban J connectivity index is 2.25. The van der Waals surface area contributed by atoms with Gasteiger partial charge in [-0.2, -0.15) is 0 Å². The van der Waals surface area contributed by atoms with Gasteiger partial charge in [0.25, 0.3) is 0 Å². The zero-order valence-corrected chi connectivity index (χ0v) is 11.0. The molecule has 0 atom stereocenters. The average Bonchev–Trinajstić information content (AvgIpc) is 2.36. The molecular formula is C13H14ClN3O. The number of nitrogens with two attached hydrogens (primary N) is 1. The predicted octanol–water partition coefficient (Wildman–Crippen LogP) is 3.38. The normalized spacial score (nSPS) is 10.2. The number of halogens is 1. The topological polar surface area (TPSA) is 60.2 Å². The molecule has 2 aromatic rings. The first kappa shape index (κ1) is 12.5. The summed E-state index contributed by atoms with van der Waals surface area (Å²) in [5.74, 6) is 1.42. The number of nitrogen functional groups attached to an aromatic ring is 1. The first-order valence-electron chi connectivity index (χ1n) is 5.44. The fourth-order valence-electron chi connectivity index (χ4n) is 1.50. The van der Waals surface area contributed by atoms with Crippen LogP contribution in [0, 0.1) is 6.92 Å². The minimum Gasteiger partial charge on any atom is -0.497 e. The summed E-state index contributed by atoms with van der Waals surface area (Å²) in [6, 6.07) is 9.03. The van der Waals surface area contributed by atoms with Crippen molar-refractivity contribution in [2.45, 2.75) is 6.92 Å². The summed E-state index contributed by atoms with van der Waals surface area (Å²) >= 11 is 6.13. The van der Waals surface area contributed by atoms with Gasteiger partial charge in [0.2, 0.25) is 0 Å². The van der Waals surface area contributed by atoms with E-state index in [2.05, 4.69) is 10.3 Å². The maximum atomic E-state index is 6.13. The number of aryl methyl sites for hydroxylation is 1. The van der Waals surface area contributed by atoms with Gasteiger partial charge in [-0.25, -0.2) is 4.98 Å². The number of benzene rings is 1. The smallest absolute Gasteiger partial charge is 0.130 e. The highest BCUT2D eigenvalue weighted by molar-refractivity contribution is 6.33. The summed E-state index contributed by atoms with van der Waals surface area (Å²) in [6.07, 6.45) is 0. The van der Waals surface area contributed by atoms with Crippen molar-refractivity contribution in [1.29, 1.82) is 0 Å². The number of nitrogens with zero attached hydrogens (tertiary/aromatic N) is 1. The molecule has 0 aliphatic heterocycles. The Hall–Kier alpha value is -1.94. The summed E-state index contributed by atoms with van der Waals surface area (Å²) < 4.78 is 5.09. The minimum absolute atomic E-state index is 0.575. The maximum absolute atomic E-state index is 6.13. The van der Waals surface area contributed by atoms with Crippen molar-refractivity contribution in [3.8, 4) is 5.75 Å². The van der Waals surface area contributed by atoms with Gasteiger partial charge in [0, 0.05) is 6.07 Å². The van der Waals surface area contributed by atoms with Crippen molar-refractivity contribution >= 4 is 28.8 Å². The molecule has 1 aromatic heterocycles. The molecule has 0 unspecified atom stereocenters. The fourth-order valence-corrected chi connectivity index (χ4v) is 1.72. The van der Waals surface area contributed by atoms with E-state index in [1.54, 1.807) is 13.2 Å². The Bertz CT molecular complexity index is 572. The standard InChI is InChI=1S/C13H14ClN3O/c1-8-11(15)4-6-13(16-8)17-12-5-3-9(18-2)7-10(12)14/h3-7H,15H2,1-2H3,(H,16,17). The van der Waals surface area contributed by atoms with Gasteiger partial charge in [0.1, 0.15) is 11.6 Å². The van der Waals surface area contributed by atoms with Crippen molar-refractivity contribution in [3.05, 3.63) is 41.0 Å². The molecule has 0 saturated carbocycles. The van der Waals surface area contributed by atoms with Crippen LogP contribution in [0.2, 0.25) is 5.02 Å². The number of hydrogen-bond acceptors (Lipinski definition) is 4. The number of pyridine rings is 1. The van der Waals surface area contributed by atoms with E-state index < -0.39 is 0 Å². The van der Waals surface area contributed by atoms with Crippen LogP contribution >= 0.6 is 11.6 Å². The molecule has 0 saturated heterocycles. The van der Waals surface area contributed by atoms with Gasteiger partial charge in [0.05, 0.1) is 29.2 Å². The largest absolute Gasteiger partial charge is 0.497 e. The third kappa shape index (κ3) is 2.65. The van der Waals surface area contributed by atoms with Crippen molar-refractivity contribution in [2.24, 2.45) is 0 Å². The summed E-state index contributed by atoms with van der Waals surface area (Å²) in [7, 11) is 1.60. The van der Waals surface area contributed by atoms with Crippen LogP contribution in [0.4, 0.5) is 17.2 Å². The number of hydrogen-bond donors (Lipinski definition) is 2. The van der Waals surface area contributed by atoms with E-state index in [4.69, 9.17) is 22.1 Å². The molecule has 4 nitrogen and oxygen atoms in total. The van der Waals surface area contributed by atoms with E-state index in [9.17, 15) is 0 Å². The molecule has 0 aliphatic rings. The van der Waals surface area contributed by atoms with E-state index >= 15 is 0 Å². The van der Waals surface area contributed by atoms with Crippen LogP contribution in [-0.2, 0) is 0 Å². The van der Waals surface area contributed by atoms with Crippen molar-refractivity contribution in [2.75, 3.05) is 18.2 Å². The molecule has 0 radical (unpaired) electrons. The lowest BCUT2D eigenvalue weighted by molar-refractivity contribution is 0.415. The summed E-state index contributed by atoms with van der Waals surface area (Å²) in [4.78, 5) is 4.33. The van der Waals surface area contributed by atoms with Crippen LogP contribution in [0.5, 0.6) is 5.75 Å². The first-order chi connectivity index (χ1) is 8.60. The van der Waals surface area contributed by atoms with Crippen LogP contribution in [0.3, 0.4) is 0 Å². The zero-order chi connectivity index (χ0) is 13.1. The number of methoxy groups -OCH3 is 1. The molecule has 0 fully saturated rings. The Labute approximate surface area is 111 Å². The molecule has 5 heteroatoms. The third-order valence-corrected chi connectivity index (χ3v) is 2.88. The zero-order valence-electron chi connectivity index (χ0n) is 10.2. The summed E-state index contributed by atoms with van der Waals surface area (Å²) in [5.41, 5.74) is 7.94. The molecular weight excluding hydrogens is 250 g/mol. The molecule has 18 heavy (non-hydrogen) atoms. The lowest BCUT2D eigenvalue weighted by Crippen LogP contribution is -1.98. The Morgan fingerprint density at radius 2 is 2.06 bits per heavy atom. The van der Waals surface area contributed by atoms with Crippen molar-refractivity contribution in [1.82, 2.24) is 4.98 Å². The predicted molar refractivity (Wildman–Crippen MR) is 74.7 cm³/mol. The Morgan fingerprint density at radius 3 is 2.67 bits per heavy atom. The number of aromatic nitrogens is 1. The molecule has 0 amide bonds. The monoisotopic (exact) mass is 263 g/mol. The maximum Gasteiger partial charge on any atom is 0.130 e. The number of anilines is 3. The first-order valence-corrected chi connectivity index (χ1v) is 5.81. The van der Waals surface area contributed by atoms with E-state index in [0.29, 0.717) is 22.3 Å². The second-order valence-electron chi connectivity index (χ2n) is 3.84. The van der Waals surface area contributed by atoms with Crippen LogP contribution in [0.25, 0.3) is 0 Å². The van der Waals surface area contributed by atoms with Gasteiger partial charge in [-0.3, -0.25) is 0 Å². The second-order valence-corrected chi connectivity index (χ2v) is 4.25. The highest BCUT2D eigenvalue weighted by atomic mass is 35.5. The van der Waals surface area contributed by atoms with Gasteiger partial charge >= 0.3 is 0 Å². The quantitative estimate of drug-likeness (QED) is 0.891. The van der Waals surface area contributed by atoms with E-state index in [1.807, 2.05) is 31.2 Å². The van der Waals surface area contributed by atoms with E-state index in [1.165, 1.54) is 0 Å². The van der Waals surface area contributed by atoms with E-state index in [0.717, 1.165) is 11.4 Å². The molecule has 0 spiro atoms. The molecule has 0 bridgehead atoms. The minimum atomic E-state index is 0.575. The average molecular weight is 264 g/mol. The number of ether oxygens (including phenoxy) is 1. The van der Waals surface area contributed by atoms with Gasteiger partial charge < -0.3 is 15.8 Å². The molecule has 0 aliphatic carbocycles. The van der Waals surface area contributed by atoms with Crippen molar-refractivity contribution < 1.29 is 4.74 Å². The molecule has 3 N–H and O–H groups in total. The van der Waals surface area contributed by atoms with Crippen LogP contribution in [0.1, 0.15) is 5.69 Å². The number of rotatable bonds is 3. The SMILES string of the molecule is COc1ccc(Nc2ccc(N)c(C)n2)c(Cl)c1. The van der Waals surface area contributed by atoms with E-state index in [-0.39, 0.29) is 0 Å². The Morgan fingerprint density at radius 1 is 1.28 bits per heavy atom. The lowest BCUT2D eigenvalue weighted by Gasteiger charge is -2.10. The van der Waals surface area contributed by atoms with Gasteiger partial charge in [-0.15, -0.1) is 0 Å². The molecule has 1 heterocycles. The lowest BCUT2D eigenvalue weighted by atomic mass is 10.3. The van der Waals surface area contributed by atoms with Crippen LogP contribution < -0.4 is 15.8 Å². The van der Waals surface area contributed by atoms with Gasteiger partial charge in [-0.1, -0.05) is 11.6 Å². The number of nitrogens with one attached hydrogen (secondary N) is 1. The molecule has 2 rings (SSSR count). The van der Waals surface area contributed by atoms with Crippen LogP contribution in [0.15, 0.2) is 30.3 Å². The highest BCUT2D eigenvalue weighted by Crippen LogP contribution is 2.29. The Kier molecular flexibility index (Phi) is 3.58. The highest BCUT2D eigenvalue weighted by Gasteiger charge is 2.04. The van der Waals surface area contributed by atoms with Crippen LogP contribution in [-0.4, -0.2) is 12.1 Å². The third-order valence-electron chi connectivity index (χ3n) is 2.57. The summed E-state index contributed by atoms with van der Waals surface area (Å²) in [6.45, 7) is 1.86. The second kappa shape index (κ2) is 5.14. The molecule has 94 valence electrons. The van der Waals surface area contributed by atoms with Gasteiger partial charge in [-0.05, 0) is 31.2 Å². The van der Waals surface area contributed by atoms with Gasteiger partial charge in [0.15, 0.2) is 0 Å².